The normalized spacial score (nSPS) is 11.3. The van der Waals surface area contributed by atoms with Crippen molar-refractivity contribution in [1.29, 1.82) is 0 Å². The molecule has 0 amide bonds. The summed E-state index contributed by atoms with van der Waals surface area (Å²) in [4.78, 5) is 10.7. The summed E-state index contributed by atoms with van der Waals surface area (Å²) in [6.07, 6.45) is 3.87. The quantitative estimate of drug-likeness (QED) is 0.477. The number of hydrogen-bond donors (Lipinski definition) is 1. The van der Waals surface area contributed by atoms with E-state index in [2.05, 4.69) is 5.32 Å². The lowest BCUT2D eigenvalue weighted by Gasteiger charge is -2.06. The molecule has 4 nitrogen and oxygen atoms in total. The molecule has 1 rings (SSSR count). The largest absolute Gasteiger partial charge is 0.314 e. The summed E-state index contributed by atoms with van der Waals surface area (Å²) in [6, 6.07) is 5.40. The molecule has 18 heavy (non-hydrogen) atoms. The highest BCUT2D eigenvalue weighted by molar-refractivity contribution is 5.57. The molecule has 1 aromatic rings. The van der Waals surface area contributed by atoms with Gasteiger partial charge in [0.2, 0.25) is 0 Å². The Kier molecular flexibility index (Phi) is 5.52. The molecule has 0 saturated heterocycles. The SMILES string of the molecule is CCNCC=Cc1ccc(C(C)C)c([N+](=O)[O-])c1. The first kappa shape index (κ1) is 14.4. The minimum Gasteiger partial charge on any atom is -0.314 e. The van der Waals surface area contributed by atoms with Crippen LogP contribution >= 0.6 is 0 Å². The number of nitrogens with one attached hydrogen (secondary N) is 1. The predicted octanol–water partition coefficient (Wildman–Crippen LogP) is 3.34. The second kappa shape index (κ2) is 6.91. The Morgan fingerprint density at radius 3 is 2.72 bits per heavy atom. The molecule has 0 aromatic heterocycles. The lowest BCUT2D eigenvalue weighted by molar-refractivity contribution is -0.385. The van der Waals surface area contributed by atoms with Gasteiger partial charge in [-0.2, -0.15) is 0 Å². The summed E-state index contributed by atoms with van der Waals surface area (Å²) in [6.45, 7) is 7.65. The van der Waals surface area contributed by atoms with Gasteiger partial charge in [0.05, 0.1) is 4.92 Å². The predicted molar refractivity (Wildman–Crippen MR) is 74.8 cm³/mol. The van der Waals surface area contributed by atoms with Gasteiger partial charge in [-0.1, -0.05) is 45.1 Å². The average Bonchev–Trinajstić information content (AvgIpc) is 2.34. The van der Waals surface area contributed by atoms with Crippen molar-refractivity contribution in [3.63, 3.8) is 0 Å². The number of nitro groups is 1. The second-order valence-electron chi connectivity index (χ2n) is 4.44. The molecule has 0 saturated carbocycles. The Bertz CT molecular complexity index is 439. The molecule has 0 spiro atoms. The third kappa shape index (κ3) is 3.96. The number of nitrogens with zero attached hydrogens (tertiary/aromatic N) is 1. The number of hydrogen-bond acceptors (Lipinski definition) is 3. The van der Waals surface area contributed by atoms with Gasteiger partial charge in [-0.25, -0.2) is 0 Å². The summed E-state index contributed by atoms with van der Waals surface area (Å²) in [5.74, 6) is 0.158. The number of nitro benzene ring substituents is 1. The van der Waals surface area contributed by atoms with Crippen LogP contribution in [-0.2, 0) is 0 Å². The van der Waals surface area contributed by atoms with Crippen LogP contribution < -0.4 is 5.32 Å². The van der Waals surface area contributed by atoms with Gasteiger partial charge in [0, 0.05) is 18.2 Å². The molecule has 0 aliphatic rings. The summed E-state index contributed by atoms with van der Waals surface area (Å²) in [5, 5.41) is 14.2. The van der Waals surface area contributed by atoms with E-state index in [0.29, 0.717) is 0 Å². The van der Waals surface area contributed by atoms with E-state index < -0.39 is 0 Å². The molecule has 0 atom stereocenters. The first-order valence-corrected chi connectivity index (χ1v) is 6.21. The van der Waals surface area contributed by atoms with E-state index in [1.165, 1.54) is 0 Å². The second-order valence-corrected chi connectivity index (χ2v) is 4.44. The van der Waals surface area contributed by atoms with Crippen molar-refractivity contribution in [1.82, 2.24) is 5.32 Å². The summed E-state index contributed by atoms with van der Waals surface area (Å²) < 4.78 is 0. The number of benzene rings is 1. The van der Waals surface area contributed by atoms with Gasteiger partial charge in [0.15, 0.2) is 0 Å². The monoisotopic (exact) mass is 248 g/mol. The fourth-order valence-electron chi connectivity index (χ4n) is 1.73. The zero-order valence-electron chi connectivity index (χ0n) is 11.1. The first-order valence-electron chi connectivity index (χ1n) is 6.21. The maximum Gasteiger partial charge on any atom is 0.273 e. The van der Waals surface area contributed by atoms with Gasteiger partial charge >= 0.3 is 0 Å². The van der Waals surface area contributed by atoms with Crippen LogP contribution in [-0.4, -0.2) is 18.0 Å². The summed E-state index contributed by atoms with van der Waals surface area (Å²) in [7, 11) is 0. The van der Waals surface area contributed by atoms with E-state index in [0.717, 1.165) is 24.2 Å². The molecule has 0 aliphatic carbocycles. The first-order chi connectivity index (χ1) is 8.56. The molecule has 4 heteroatoms. The lowest BCUT2D eigenvalue weighted by atomic mass is 9.99. The molecule has 0 bridgehead atoms. The van der Waals surface area contributed by atoms with Gasteiger partial charge in [-0.05, 0) is 18.0 Å². The van der Waals surface area contributed by atoms with Crippen molar-refractivity contribution < 1.29 is 4.92 Å². The summed E-state index contributed by atoms with van der Waals surface area (Å²) >= 11 is 0. The molecule has 0 heterocycles. The minimum absolute atomic E-state index is 0.158. The smallest absolute Gasteiger partial charge is 0.273 e. The third-order valence-electron chi connectivity index (χ3n) is 2.70. The van der Waals surface area contributed by atoms with E-state index in [4.69, 9.17) is 0 Å². The van der Waals surface area contributed by atoms with Crippen molar-refractivity contribution in [2.75, 3.05) is 13.1 Å². The topological polar surface area (TPSA) is 55.2 Å². The molecule has 0 aliphatic heterocycles. The van der Waals surface area contributed by atoms with E-state index in [1.54, 1.807) is 6.07 Å². The van der Waals surface area contributed by atoms with Crippen molar-refractivity contribution in [3.8, 4) is 0 Å². The molecular weight excluding hydrogens is 228 g/mol. The fourth-order valence-corrected chi connectivity index (χ4v) is 1.73. The van der Waals surface area contributed by atoms with Crippen molar-refractivity contribution in [2.24, 2.45) is 0 Å². The van der Waals surface area contributed by atoms with Crippen LogP contribution in [0.25, 0.3) is 6.08 Å². The zero-order chi connectivity index (χ0) is 13.5. The summed E-state index contributed by atoms with van der Waals surface area (Å²) in [5.41, 5.74) is 1.85. The van der Waals surface area contributed by atoms with E-state index >= 15 is 0 Å². The Hall–Kier alpha value is -1.68. The van der Waals surface area contributed by atoms with Crippen LogP contribution in [0.5, 0.6) is 0 Å². The molecule has 0 radical (unpaired) electrons. The van der Waals surface area contributed by atoms with Gasteiger partial charge in [-0.3, -0.25) is 10.1 Å². The van der Waals surface area contributed by atoms with Crippen molar-refractivity contribution in [3.05, 3.63) is 45.5 Å². The van der Waals surface area contributed by atoms with Crippen LogP contribution in [0.2, 0.25) is 0 Å². The molecule has 0 fully saturated rings. The molecule has 1 aromatic carbocycles. The maximum absolute atomic E-state index is 11.0. The van der Waals surface area contributed by atoms with Crippen molar-refractivity contribution >= 4 is 11.8 Å². The van der Waals surface area contributed by atoms with Gasteiger partial charge in [-0.15, -0.1) is 0 Å². The van der Waals surface area contributed by atoms with E-state index in [-0.39, 0.29) is 16.5 Å². The van der Waals surface area contributed by atoms with Gasteiger partial charge < -0.3 is 5.32 Å². The lowest BCUT2D eigenvalue weighted by Crippen LogP contribution is -2.11. The zero-order valence-corrected chi connectivity index (χ0v) is 11.1. The third-order valence-corrected chi connectivity index (χ3v) is 2.70. The Morgan fingerprint density at radius 2 is 2.17 bits per heavy atom. The average molecular weight is 248 g/mol. The van der Waals surface area contributed by atoms with Crippen LogP contribution in [0.3, 0.4) is 0 Å². The maximum atomic E-state index is 11.0. The molecule has 1 N–H and O–H groups in total. The number of rotatable bonds is 6. The van der Waals surface area contributed by atoms with E-state index in [9.17, 15) is 10.1 Å². The highest BCUT2D eigenvalue weighted by Crippen LogP contribution is 2.27. The van der Waals surface area contributed by atoms with Gasteiger partial charge in [0.25, 0.3) is 5.69 Å². The minimum atomic E-state index is -0.309. The Labute approximate surface area is 108 Å². The fraction of sp³-hybridized carbons (Fsp3) is 0.429. The van der Waals surface area contributed by atoms with Crippen LogP contribution in [0.15, 0.2) is 24.3 Å². The highest BCUT2D eigenvalue weighted by Gasteiger charge is 2.16. The molecule has 98 valence electrons. The van der Waals surface area contributed by atoms with Crippen LogP contribution in [0, 0.1) is 10.1 Å². The Balaban J connectivity index is 2.93. The Morgan fingerprint density at radius 1 is 1.44 bits per heavy atom. The standard InChI is InChI=1S/C14H20N2O2/c1-4-15-9-5-6-12-7-8-13(11(2)3)14(10-12)16(17)18/h5-8,10-11,15H,4,9H2,1-3H3. The molecule has 0 unspecified atom stereocenters. The van der Waals surface area contributed by atoms with Crippen molar-refractivity contribution in [2.45, 2.75) is 26.7 Å². The van der Waals surface area contributed by atoms with Crippen LogP contribution in [0.1, 0.15) is 37.8 Å². The highest BCUT2D eigenvalue weighted by atomic mass is 16.6. The van der Waals surface area contributed by atoms with Crippen LogP contribution in [0.4, 0.5) is 5.69 Å². The molecular formula is C14H20N2O2. The van der Waals surface area contributed by atoms with Gasteiger partial charge in [0.1, 0.15) is 0 Å². The number of likely N-dealkylation sites (N-methyl/N-ethyl adjacent to an activating group) is 1. The van der Waals surface area contributed by atoms with E-state index in [1.807, 2.05) is 45.1 Å².